The molecule has 1 unspecified atom stereocenters. The van der Waals surface area contributed by atoms with E-state index < -0.39 is 0 Å². The Morgan fingerprint density at radius 2 is 2.40 bits per heavy atom. The zero-order chi connectivity index (χ0) is 10.9. The summed E-state index contributed by atoms with van der Waals surface area (Å²) in [5.41, 5.74) is 1.25. The Hall–Kier alpha value is -1.33. The quantitative estimate of drug-likeness (QED) is 0.742. The lowest BCUT2D eigenvalue weighted by Crippen LogP contribution is -2.21. The van der Waals surface area contributed by atoms with E-state index >= 15 is 0 Å². The van der Waals surface area contributed by atoms with Crippen molar-refractivity contribution >= 4 is 0 Å². The van der Waals surface area contributed by atoms with Crippen LogP contribution in [0.2, 0.25) is 0 Å². The summed E-state index contributed by atoms with van der Waals surface area (Å²) >= 11 is 0. The van der Waals surface area contributed by atoms with E-state index in [1.807, 2.05) is 19.2 Å². The molecule has 0 aliphatic rings. The molecule has 1 aromatic rings. The van der Waals surface area contributed by atoms with Gasteiger partial charge in [-0.25, -0.2) is 0 Å². The first-order valence-electron chi connectivity index (χ1n) is 5.41. The summed E-state index contributed by atoms with van der Waals surface area (Å²) < 4.78 is 0. The van der Waals surface area contributed by atoms with Crippen LogP contribution in [-0.2, 0) is 0 Å². The van der Waals surface area contributed by atoms with Gasteiger partial charge in [-0.15, -0.1) is 5.92 Å². The van der Waals surface area contributed by atoms with Crippen molar-refractivity contribution in [2.75, 3.05) is 6.54 Å². The van der Waals surface area contributed by atoms with Crippen LogP contribution in [0.5, 0.6) is 0 Å². The second-order valence-electron chi connectivity index (χ2n) is 3.44. The summed E-state index contributed by atoms with van der Waals surface area (Å²) in [5.74, 6) is 5.91. The average molecular weight is 202 g/mol. The van der Waals surface area contributed by atoms with Crippen LogP contribution in [0.1, 0.15) is 38.3 Å². The average Bonchev–Trinajstić information content (AvgIpc) is 2.29. The molecule has 0 aromatic carbocycles. The number of nitrogens with zero attached hydrogens (tertiary/aromatic N) is 1. The molecule has 0 saturated heterocycles. The molecule has 0 saturated carbocycles. The summed E-state index contributed by atoms with van der Waals surface area (Å²) in [6, 6.07) is 4.47. The van der Waals surface area contributed by atoms with Crippen molar-refractivity contribution in [1.82, 2.24) is 10.3 Å². The first kappa shape index (κ1) is 11.7. The third-order valence-corrected chi connectivity index (χ3v) is 2.28. The molecular formula is C13H18N2. The number of nitrogens with one attached hydrogen (secondary N) is 1. The molecule has 1 atom stereocenters. The lowest BCUT2D eigenvalue weighted by molar-refractivity contribution is 0.522. The maximum Gasteiger partial charge on any atom is 0.0581 e. The molecule has 1 N–H and O–H groups in total. The predicted octanol–water partition coefficient (Wildman–Crippen LogP) is 2.54. The van der Waals surface area contributed by atoms with Gasteiger partial charge in [0.05, 0.1) is 6.54 Å². The van der Waals surface area contributed by atoms with Gasteiger partial charge in [0.15, 0.2) is 0 Å². The van der Waals surface area contributed by atoms with Crippen molar-refractivity contribution in [3.63, 3.8) is 0 Å². The van der Waals surface area contributed by atoms with Crippen LogP contribution in [0.4, 0.5) is 0 Å². The monoisotopic (exact) mass is 202 g/mol. The Bertz CT molecular complexity index is 321. The number of aromatic nitrogens is 1. The predicted molar refractivity (Wildman–Crippen MR) is 63.3 cm³/mol. The largest absolute Gasteiger partial charge is 0.299 e. The number of pyridine rings is 1. The lowest BCUT2D eigenvalue weighted by Gasteiger charge is -2.16. The van der Waals surface area contributed by atoms with Crippen molar-refractivity contribution < 1.29 is 0 Å². The molecule has 0 aliphatic carbocycles. The molecule has 2 heteroatoms. The third kappa shape index (κ3) is 4.14. The van der Waals surface area contributed by atoms with Gasteiger partial charge >= 0.3 is 0 Å². The zero-order valence-corrected chi connectivity index (χ0v) is 9.46. The standard InChI is InChI=1S/C13H18N2/c1-3-5-10-15-13(7-4-2)12-8-6-9-14-11-12/h6,8-9,11,13,15H,4,7,10H2,1-2H3. The van der Waals surface area contributed by atoms with Gasteiger partial charge in [0.1, 0.15) is 0 Å². The molecule has 0 spiro atoms. The van der Waals surface area contributed by atoms with E-state index in [-0.39, 0.29) is 0 Å². The van der Waals surface area contributed by atoms with Crippen LogP contribution in [0, 0.1) is 11.8 Å². The molecule has 0 aliphatic heterocycles. The minimum atomic E-state index is 0.379. The highest BCUT2D eigenvalue weighted by Gasteiger charge is 2.08. The van der Waals surface area contributed by atoms with E-state index in [1.54, 1.807) is 6.20 Å². The summed E-state index contributed by atoms with van der Waals surface area (Å²) in [6.07, 6.45) is 6.01. The van der Waals surface area contributed by atoms with Crippen molar-refractivity contribution in [3.8, 4) is 11.8 Å². The fourth-order valence-electron chi connectivity index (χ4n) is 1.52. The van der Waals surface area contributed by atoms with Crippen LogP contribution in [-0.4, -0.2) is 11.5 Å². The number of hydrogen-bond acceptors (Lipinski definition) is 2. The third-order valence-electron chi connectivity index (χ3n) is 2.28. The summed E-state index contributed by atoms with van der Waals surface area (Å²) in [5, 5.41) is 3.42. The highest BCUT2D eigenvalue weighted by atomic mass is 14.9. The van der Waals surface area contributed by atoms with E-state index in [4.69, 9.17) is 0 Å². The van der Waals surface area contributed by atoms with Crippen molar-refractivity contribution in [3.05, 3.63) is 30.1 Å². The molecule has 1 aromatic heterocycles. The van der Waals surface area contributed by atoms with Gasteiger partial charge in [0, 0.05) is 18.4 Å². The van der Waals surface area contributed by atoms with Gasteiger partial charge in [0.2, 0.25) is 0 Å². The van der Waals surface area contributed by atoms with Crippen LogP contribution in [0.3, 0.4) is 0 Å². The highest BCUT2D eigenvalue weighted by Crippen LogP contribution is 2.16. The second-order valence-corrected chi connectivity index (χ2v) is 3.44. The molecule has 2 nitrogen and oxygen atoms in total. The topological polar surface area (TPSA) is 24.9 Å². The second kappa shape index (κ2) is 7.03. The maximum atomic E-state index is 4.14. The molecule has 80 valence electrons. The van der Waals surface area contributed by atoms with Gasteiger partial charge in [-0.3, -0.25) is 10.3 Å². The smallest absolute Gasteiger partial charge is 0.0581 e. The summed E-state index contributed by atoms with van der Waals surface area (Å²) in [4.78, 5) is 4.14. The van der Waals surface area contributed by atoms with Crippen LogP contribution in [0.15, 0.2) is 24.5 Å². The van der Waals surface area contributed by atoms with E-state index in [2.05, 4.69) is 35.1 Å². The van der Waals surface area contributed by atoms with E-state index in [9.17, 15) is 0 Å². The molecule has 1 heterocycles. The minimum Gasteiger partial charge on any atom is -0.299 e. The summed E-state index contributed by atoms with van der Waals surface area (Å²) in [7, 11) is 0. The maximum absolute atomic E-state index is 4.14. The van der Waals surface area contributed by atoms with Crippen molar-refractivity contribution in [1.29, 1.82) is 0 Å². The van der Waals surface area contributed by atoms with E-state index in [0.29, 0.717) is 6.04 Å². The normalized spacial score (nSPS) is 11.6. The van der Waals surface area contributed by atoms with Crippen LogP contribution < -0.4 is 5.32 Å². The van der Waals surface area contributed by atoms with Gasteiger partial charge in [-0.05, 0) is 25.0 Å². The van der Waals surface area contributed by atoms with Crippen LogP contribution in [0.25, 0.3) is 0 Å². The Labute approximate surface area is 92.1 Å². The Balaban J connectivity index is 2.60. The molecule has 0 radical (unpaired) electrons. The molecule has 0 bridgehead atoms. The van der Waals surface area contributed by atoms with Crippen LogP contribution >= 0.6 is 0 Å². The zero-order valence-electron chi connectivity index (χ0n) is 9.46. The van der Waals surface area contributed by atoms with Gasteiger partial charge in [-0.2, -0.15) is 0 Å². The first-order chi connectivity index (χ1) is 7.38. The fourth-order valence-corrected chi connectivity index (χ4v) is 1.52. The molecule has 0 amide bonds. The molecule has 0 fully saturated rings. The van der Waals surface area contributed by atoms with E-state index in [0.717, 1.165) is 19.4 Å². The highest BCUT2D eigenvalue weighted by molar-refractivity contribution is 5.14. The first-order valence-corrected chi connectivity index (χ1v) is 5.41. The SMILES string of the molecule is CC#CCNC(CCC)c1cccnc1. The number of hydrogen-bond donors (Lipinski definition) is 1. The molecule has 15 heavy (non-hydrogen) atoms. The summed E-state index contributed by atoms with van der Waals surface area (Å²) in [6.45, 7) is 4.80. The Morgan fingerprint density at radius 3 is 3.00 bits per heavy atom. The van der Waals surface area contributed by atoms with Crippen molar-refractivity contribution in [2.24, 2.45) is 0 Å². The Morgan fingerprint density at radius 1 is 1.53 bits per heavy atom. The minimum absolute atomic E-state index is 0.379. The lowest BCUT2D eigenvalue weighted by atomic mass is 10.0. The number of rotatable bonds is 5. The van der Waals surface area contributed by atoms with Gasteiger partial charge in [-0.1, -0.05) is 25.3 Å². The molecule has 1 rings (SSSR count). The Kier molecular flexibility index (Phi) is 5.50. The fraction of sp³-hybridized carbons (Fsp3) is 0.462. The van der Waals surface area contributed by atoms with Crippen molar-refractivity contribution in [2.45, 2.75) is 32.7 Å². The molecular weight excluding hydrogens is 184 g/mol. The van der Waals surface area contributed by atoms with Gasteiger partial charge < -0.3 is 0 Å². The van der Waals surface area contributed by atoms with Gasteiger partial charge in [0.25, 0.3) is 0 Å². The van der Waals surface area contributed by atoms with E-state index in [1.165, 1.54) is 5.56 Å².